The molecule has 164 valence electrons. The fourth-order valence-electron chi connectivity index (χ4n) is 3.66. The summed E-state index contributed by atoms with van der Waals surface area (Å²) >= 11 is 0. The highest BCUT2D eigenvalue weighted by atomic mass is 16.6. The van der Waals surface area contributed by atoms with Gasteiger partial charge in [-0.15, -0.1) is 0 Å². The molecular formula is C26H27N3O3. The lowest BCUT2D eigenvalue weighted by atomic mass is 10.1. The fourth-order valence-corrected chi connectivity index (χ4v) is 3.66. The van der Waals surface area contributed by atoms with Crippen molar-refractivity contribution in [1.29, 1.82) is 0 Å². The van der Waals surface area contributed by atoms with Gasteiger partial charge in [0.15, 0.2) is 0 Å². The van der Waals surface area contributed by atoms with Crippen LogP contribution < -0.4 is 14.6 Å². The normalized spacial score (nSPS) is 18.0. The minimum absolute atomic E-state index is 0.192. The Morgan fingerprint density at radius 1 is 0.938 bits per heavy atom. The van der Waals surface area contributed by atoms with E-state index in [1.807, 2.05) is 71.9 Å². The number of nitrogens with zero attached hydrogens (tertiary/aromatic N) is 3. The van der Waals surface area contributed by atoms with Gasteiger partial charge in [0.1, 0.15) is 18.5 Å². The molecule has 0 aromatic heterocycles. The van der Waals surface area contributed by atoms with Gasteiger partial charge in [-0.05, 0) is 36.4 Å². The van der Waals surface area contributed by atoms with Gasteiger partial charge in [0.05, 0.1) is 37.4 Å². The van der Waals surface area contributed by atoms with Crippen LogP contribution in [0, 0.1) is 0 Å². The van der Waals surface area contributed by atoms with Crippen molar-refractivity contribution in [2.75, 3.05) is 49.4 Å². The van der Waals surface area contributed by atoms with E-state index in [0.717, 1.165) is 61.3 Å². The maximum atomic E-state index is 6.14. The first-order chi connectivity index (χ1) is 15.9. The average molecular weight is 430 g/mol. The van der Waals surface area contributed by atoms with E-state index < -0.39 is 0 Å². The molecule has 2 saturated heterocycles. The Hall–Kier alpha value is -3.35. The molecule has 2 aliphatic rings. The molecule has 5 rings (SSSR count). The van der Waals surface area contributed by atoms with Crippen molar-refractivity contribution in [3.05, 3.63) is 84.4 Å². The van der Waals surface area contributed by atoms with Crippen molar-refractivity contribution in [1.82, 2.24) is 0 Å². The smallest absolute Gasteiger partial charge is 0.130 e. The minimum Gasteiger partial charge on any atom is -0.490 e. The summed E-state index contributed by atoms with van der Waals surface area (Å²) in [5.41, 5.74) is 4.06. The van der Waals surface area contributed by atoms with Crippen LogP contribution in [0.2, 0.25) is 0 Å². The van der Waals surface area contributed by atoms with E-state index in [-0.39, 0.29) is 6.10 Å². The van der Waals surface area contributed by atoms with E-state index in [1.165, 1.54) is 0 Å². The van der Waals surface area contributed by atoms with E-state index >= 15 is 0 Å². The van der Waals surface area contributed by atoms with Gasteiger partial charge in [0.25, 0.3) is 0 Å². The van der Waals surface area contributed by atoms with Crippen LogP contribution in [0.5, 0.6) is 5.75 Å². The molecule has 0 amide bonds. The lowest BCUT2D eigenvalue weighted by molar-refractivity contribution is 0.122. The van der Waals surface area contributed by atoms with Crippen LogP contribution in [-0.2, 0) is 9.47 Å². The van der Waals surface area contributed by atoms with E-state index in [4.69, 9.17) is 19.3 Å². The molecular weight excluding hydrogens is 402 g/mol. The highest BCUT2D eigenvalue weighted by Crippen LogP contribution is 2.29. The van der Waals surface area contributed by atoms with Gasteiger partial charge >= 0.3 is 0 Å². The summed E-state index contributed by atoms with van der Waals surface area (Å²) < 4.78 is 17.0. The maximum absolute atomic E-state index is 6.14. The predicted octanol–water partition coefficient (Wildman–Crippen LogP) is 4.47. The summed E-state index contributed by atoms with van der Waals surface area (Å²) in [6.07, 6.45) is 2.06. The third-order valence-electron chi connectivity index (χ3n) is 5.51. The third kappa shape index (κ3) is 5.10. The van der Waals surface area contributed by atoms with Crippen LogP contribution in [0.1, 0.15) is 5.56 Å². The number of hydrogen-bond acceptors (Lipinski definition) is 6. The fraction of sp³-hybridized carbons (Fsp3) is 0.269. The largest absolute Gasteiger partial charge is 0.490 e. The van der Waals surface area contributed by atoms with Gasteiger partial charge in [-0.25, -0.2) is 5.01 Å². The second-order valence-corrected chi connectivity index (χ2v) is 7.82. The van der Waals surface area contributed by atoms with Crippen molar-refractivity contribution in [2.24, 2.45) is 5.10 Å². The van der Waals surface area contributed by atoms with Gasteiger partial charge < -0.3 is 19.1 Å². The Balaban J connectivity index is 1.44. The van der Waals surface area contributed by atoms with Crippen LogP contribution in [0.4, 0.5) is 17.1 Å². The van der Waals surface area contributed by atoms with E-state index in [0.29, 0.717) is 6.61 Å². The van der Waals surface area contributed by atoms with Gasteiger partial charge in [-0.1, -0.05) is 36.4 Å². The van der Waals surface area contributed by atoms with Gasteiger partial charge in [0.2, 0.25) is 0 Å². The highest BCUT2D eigenvalue weighted by Gasteiger charge is 2.24. The molecule has 1 unspecified atom stereocenters. The van der Waals surface area contributed by atoms with Crippen LogP contribution >= 0.6 is 0 Å². The zero-order chi connectivity index (χ0) is 21.6. The lowest BCUT2D eigenvalue weighted by Crippen LogP contribution is -2.36. The molecule has 32 heavy (non-hydrogen) atoms. The third-order valence-corrected chi connectivity index (χ3v) is 5.51. The second-order valence-electron chi connectivity index (χ2n) is 7.82. The van der Waals surface area contributed by atoms with E-state index in [1.54, 1.807) is 0 Å². The molecule has 6 nitrogen and oxygen atoms in total. The first-order valence-electron chi connectivity index (χ1n) is 11.0. The molecule has 0 aliphatic carbocycles. The quantitative estimate of drug-likeness (QED) is 0.300. The maximum Gasteiger partial charge on any atom is 0.130 e. The molecule has 3 aromatic carbocycles. The topological polar surface area (TPSA) is 49.8 Å². The van der Waals surface area contributed by atoms with Crippen LogP contribution in [0.3, 0.4) is 0 Å². The number of hydrazone groups is 1. The molecule has 6 heteroatoms. The van der Waals surface area contributed by atoms with E-state index in [2.05, 4.69) is 23.1 Å². The molecule has 1 atom stereocenters. The summed E-state index contributed by atoms with van der Waals surface area (Å²) in [4.78, 5) is 2.32. The molecule has 0 spiro atoms. The van der Waals surface area contributed by atoms with Crippen LogP contribution in [0.15, 0.2) is 84.0 Å². The molecule has 0 bridgehead atoms. The first-order valence-corrected chi connectivity index (χ1v) is 11.0. The summed E-state index contributed by atoms with van der Waals surface area (Å²) in [7, 11) is 0. The summed E-state index contributed by atoms with van der Waals surface area (Å²) in [5, 5.41) is 6.78. The molecule has 0 N–H and O–H groups in total. The molecule has 3 aromatic rings. The number of para-hydroxylation sites is 2. The van der Waals surface area contributed by atoms with Crippen molar-refractivity contribution in [3.8, 4) is 5.75 Å². The van der Waals surface area contributed by atoms with Crippen molar-refractivity contribution < 1.29 is 14.2 Å². The molecule has 2 heterocycles. The standard InChI is InChI=1S/C26H27N3O3/c1-3-7-22(8-4-1)29(23-9-5-2-6-10-23)27-18-21-11-12-24(28-13-15-30-16-14-28)17-26(21)32-20-25-19-31-25/h1-12,17-18,25H,13-16,19-20H2. The lowest BCUT2D eigenvalue weighted by Gasteiger charge is -2.29. The van der Waals surface area contributed by atoms with Gasteiger partial charge in [0, 0.05) is 30.4 Å². The van der Waals surface area contributed by atoms with Crippen molar-refractivity contribution in [2.45, 2.75) is 6.10 Å². The van der Waals surface area contributed by atoms with Gasteiger partial charge in [-0.2, -0.15) is 5.10 Å². The number of morpholine rings is 1. The number of ether oxygens (including phenoxy) is 3. The Kier molecular flexibility index (Phi) is 6.32. The number of anilines is 3. The monoisotopic (exact) mass is 429 g/mol. The number of hydrogen-bond donors (Lipinski definition) is 0. The number of epoxide rings is 1. The Morgan fingerprint density at radius 3 is 2.22 bits per heavy atom. The summed E-state index contributed by atoms with van der Waals surface area (Å²) in [6.45, 7) is 4.58. The zero-order valence-corrected chi connectivity index (χ0v) is 18.0. The molecule has 0 radical (unpaired) electrons. The van der Waals surface area contributed by atoms with Crippen LogP contribution in [0.25, 0.3) is 0 Å². The van der Waals surface area contributed by atoms with Crippen LogP contribution in [-0.4, -0.2) is 51.8 Å². The Morgan fingerprint density at radius 2 is 1.59 bits per heavy atom. The summed E-state index contributed by atoms with van der Waals surface area (Å²) in [6, 6.07) is 26.6. The number of benzene rings is 3. The SMILES string of the molecule is C(=NN(c1ccccc1)c1ccccc1)c1ccc(N2CCOCC2)cc1OCC1CO1. The molecule has 2 aliphatic heterocycles. The molecule has 2 fully saturated rings. The van der Waals surface area contributed by atoms with E-state index in [9.17, 15) is 0 Å². The second kappa shape index (κ2) is 9.85. The highest BCUT2D eigenvalue weighted by molar-refractivity contribution is 5.86. The number of rotatable bonds is 8. The van der Waals surface area contributed by atoms with Crippen molar-refractivity contribution >= 4 is 23.3 Å². The Bertz CT molecular complexity index is 993. The average Bonchev–Trinajstić information content (AvgIpc) is 3.70. The predicted molar refractivity (Wildman–Crippen MR) is 127 cm³/mol. The zero-order valence-electron chi connectivity index (χ0n) is 18.0. The molecule has 0 saturated carbocycles. The minimum atomic E-state index is 0.192. The Labute approximate surface area is 188 Å². The van der Waals surface area contributed by atoms with Gasteiger partial charge in [-0.3, -0.25) is 0 Å². The first kappa shape index (κ1) is 20.5. The van der Waals surface area contributed by atoms with Crippen molar-refractivity contribution in [3.63, 3.8) is 0 Å². The summed E-state index contributed by atoms with van der Waals surface area (Å²) in [5.74, 6) is 0.814.